The second-order valence-electron chi connectivity index (χ2n) is 2.23. The molecule has 0 aromatic rings. The number of nitrogens with zero attached hydrogens (tertiary/aromatic N) is 2. The van der Waals surface area contributed by atoms with Gasteiger partial charge in [-0.05, 0) is 0 Å². The number of primary amides is 1. The summed E-state index contributed by atoms with van der Waals surface area (Å²) < 4.78 is 9.46. The molecule has 1 aliphatic heterocycles. The van der Waals surface area contributed by atoms with Gasteiger partial charge in [0.1, 0.15) is 6.54 Å². The summed E-state index contributed by atoms with van der Waals surface area (Å²) in [5.74, 6) is 0. The number of rotatable bonds is 2. The number of hydrogen-bond acceptors (Lipinski definition) is 5. The summed E-state index contributed by atoms with van der Waals surface area (Å²) in [6.45, 7) is 0.832. The van der Waals surface area contributed by atoms with Gasteiger partial charge in [0.25, 0.3) is 0 Å². The highest BCUT2D eigenvalue weighted by Gasteiger charge is 2.22. The van der Waals surface area contributed by atoms with Gasteiger partial charge in [0, 0.05) is 0 Å². The van der Waals surface area contributed by atoms with Crippen molar-refractivity contribution in [2.24, 2.45) is 11.0 Å². The first kappa shape index (κ1) is 8.72. The van der Waals surface area contributed by atoms with E-state index in [4.69, 9.17) is 10.5 Å². The molecule has 0 saturated carbocycles. The highest BCUT2D eigenvalue weighted by Crippen LogP contribution is 2.05. The molecule has 0 spiro atoms. The van der Waals surface area contributed by atoms with Gasteiger partial charge in [-0.25, -0.2) is 4.79 Å². The van der Waals surface area contributed by atoms with E-state index in [0.717, 1.165) is 0 Å². The van der Waals surface area contributed by atoms with Crippen molar-refractivity contribution in [1.82, 2.24) is 5.01 Å². The zero-order valence-electron chi connectivity index (χ0n) is 6.30. The average Bonchev–Trinajstić information content (AvgIpc) is 2.03. The molecule has 1 aliphatic rings. The first-order chi connectivity index (χ1) is 5.72. The van der Waals surface area contributed by atoms with Crippen LogP contribution in [0.3, 0.4) is 0 Å². The van der Waals surface area contributed by atoms with E-state index < -0.39 is 12.4 Å². The van der Waals surface area contributed by atoms with E-state index in [-0.39, 0.29) is 6.54 Å². The van der Waals surface area contributed by atoms with Gasteiger partial charge in [-0.2, -0.15) is 0 Å². The van der Waals surface area contributed by atoms with Crippen molar-refractivity contribution in [3.63, 3.8) is 0 Å². The minimum atomic E-state index is -0.923. The second kappa shape index (κ2) is 3.86. The lowest BCUT2D eigenvalue weighted by Gasteiger charge is -2.27. The monoisotopic (exact) mass is 175 g/mol. The predicted molar refractivity (Wildman–Crippen MR) is 37.8 cm³/mol. The fourth-order valence-corrected chi connectivity index (χ4v) is 0.881. The van der Waals surface area contributed by atoms with Crippen molar-refractivity contribution in [3.05, 3.63) is 4.91 Å². The maximum Gasteiger partial charge on any atom is 0.406 e. The number of nitroso groups, excluding NO2 is 1. The van der Waals surface area contributed by atoms with Gasteiger partial charge in [0.15, 0.2) is 0 Å². The van der Waals surface area contributed by atoms with E-state index in [0.29, 0.717) is 13.2 Å². The van der Waals surface area contributed by atoms with Crippen LogP contribution in [0.5, 0.6) is 0 Å². The summed E-state index contributed by atoms with van der Waals surface area (Å²) in [7, 11) is 0. The minimum Gasteiger partial charge on any atom is -0.418 e. The highest BCUT2D eigenvalue weighted by atomic mass is 16.7. The zero-order chi connectivity index (χ0) is 8.97. The van der Waals surface area contributed by atoms with Crippen LogP contribution in [0.2, 0.25) is 0 Å². The maximum atomic E-state index is 10.3. The number of amides is 1. The molecule has 2 N–H and O–H groups in total. The molecule has 1 atom stereocenters. The average molecular weight is 175 g/mol. The van der Waals surface area contributed by atoms with E-state index in [1.165, 1.54) is 5.01 Å². The second-order valence-corrected chi connectivity index (χ2v) is 2.23. The van der Waals surface area contributed by atoms with Crippen molar-refractivity contribution >= 4 is 6.09 Å². The molecule has 7 heteroatoms. The van der Waals surface area contributed by atoms with Crippen LogP contribution in [0, 0.1) is 4.91 Å². The van der Waals surface area contributed by atoms with Crippen LogP contribution in [-0.4, -0.2) is 37.1 Å². The molecule has 1 fully saturated rings. The van der Waals surface area contributed by atoms with Crippen molar-refractivity contribution in [3.8, 4) is 0 Å². The number of nitrogens with two attached hydrogens (primary N) is 1. The zero-order valence-corrected chi connectivity index (χ0v) is 6.30. The van der Waals surface area contributed by atoms with Crippen LogP contribution in [0.1, 0.15) is 0 Å². The largest absolute Gasteiger partial charge is 0.418 e. The van der Waals surface area contributed by atoms with Gasteiger partial charge in [0.2, 0.25) is 6.29 Å². The SMILES string of the molecule is NC(=O)OC1CN(N=O)CCO1. The van der Waals surface area contributed by atoms with Crippen molar-refractivity contribution in [1.29, 1.82) is 0 Å². The lowest BCUT2D eigenvalue weighted by atomic mass is 10.5. The molecular weight excluding hydrogens is 166 g/mol. The summed E-state index contributed by atoms with van der Waals surface area (Å²) >= 11 is 0. The number of morpholine rings is 1. The van der Waals surface area contributed by atoms with Gasteiger partial charge in [-0.3, -0.25) is 5.01 Å². The van der Waals surface area contributed by atoms with Crippen molar-refractivity contribution < 1.29 is 14.3 Å². The van der Waals surface area contributed by atoms with Crippen LogP contribution < -0.4 is 5.73 Å². The summed E-state index contributed by atoms with van der Waals surface area (Å²) in [6, 6.07) is 0. The molecule has 0 aromatic carbocycles. The third-order valence-corrected chi connectivity index (χ3v) is 1.38. The first-order valence-electron chi connectivity index (χ1n) is 3.38. The Hall–Kier alpha value is -1.37. The van der Waals surface area contributed by atoms with Crippen molar-refractivity contribution in [2.75, 3.05) is 19.7 Å². The smallest absolute Gasteiger partial charge is 0.406 e. The Balaban J connectivity index is 2.35. The van der Waals surface area contributed by atoms with E-state index >= 15 is 0 Å². The third kappa shape index (κ3) is 2.35. The lowest BCUT2D eigenvalue weighted by Crippen LogP contribution is -2.42. The van der Waals surface area contributed by atoms with Gasteiger partial charge in [0.05, 0.1) is 18.4 Å². The molecule has 12 heavy (non-hydrogen) atoms. The van der Waals surface area contributed by atoms with Crippen LogP contribution in [0.4, 0.5) is 4.79 Å². The molecule has 1 saturated heterocycles. The third-order valence-electron chi connectivity index (χ3n) is 1.38. The van der Waals surface area contributed by atoms with Gasteiger partial charge < -0.3 is 15.2 Å². The summed E-state index contributed by atoms with van der Waals surface area (Å²) in [4.78, 5) is 20.3. The molecule has 0 radical (unpaired) electrons. The Morgan fingerprint density at radius 3 is 3.08 bits per heavy atom. The predicted octanol–water partition coefficient (Wildman–Crippen LogP) is -0.579. The molecule has 1 rings (SSSR count). The van der Waals surface area contributed by atoms with Gasteiger partial charge >= 0.3 is 6.09 Å². The maximum absolute atomic E-state index is 10.3. The molecule has 68 valence electrons. The Labute approximate surface area is 68.3 Å². The minimum absolute atomic E-state index is 0.131. The Morgan fingerprint density at radius 1 is 1.75 bits per heavy atom. The fourth-order valence-electron chi connectivity index (χ4n) is 0.881. The highest BCUT2D eigenvalue weighted by molar-refractivity contribution is 5.64. The number of carbonyl (C=O) groups excluding carboxylic acids is 1. The number of hydrogen-bond donors (Lipinski definition) is 1. The topological polar surface area (TPSA) is 94.2 Å². The molecule has 1 unspecified atom stereocenters. The van der Waals surface area contributed by atoms with E-state index in [1.54, 1.807) is 0 Å². The molecule has 7 nitrogen and oxygen atoms in total. The first-order valence-corrected chi connectivity index (χ1v) is 3.38. The van der Waals surface area contributed by atoms with Crippen LogP contribution in [0.15, 0.2) is 5.29 Å². The normalized spacial score (nSPS) is 23.3. The standard InChI is InChI=1S/C5H9N3O4/c6-5(9)12-4-3-8(7-10)1-2-11-4/h4H,1-3H2,(H2,6,9). The van der Waals surface area contributed by atoms with Crippen LogP contribution >= 0.6 is 0 Å². The number of carbonyl (C=O) groups is 1. The molecule has 1 heterocycles. The molecule has 0 bridgehead atoms. The fraction of sp³-hybridized carbons (Fsp3) is 0.800. The Kier molecular flexibility index (Phi) is 2.81. The quantitative estimate of drug-likeness (QED) is 0.566. The van der Waals surface area contributed by atoms with Gasteiger partial charge in [-0.1, -0.05) is 0 Å². The number of ether oxygens (including phenoxy) is 2. The van der Waals surface area contributed by atoms with E-state index in [1.807, 2.05) is 0 Å². The summed E-state index contributed by atoms with van der Waals surface area (Å²) in [5.41, 5.74) is 4.74. The molecular formula is C5H9N3O4. The molecule has 0 aromatic heterocycles. The molecule has 0 aliphatic carbocycles. The summed E-state index contributed by atoms with van der Waals surface area (Å²) in [6.07, 6.45) is -1.71. The Bertz CT molecular complexity index is 186. The molecule has 1 amide bonds. The van der Waals surface area contributed by atoms with Crippen LogP contribution in [0.25, 0.3) is 0 Å². The van der Waals surface area contributed by atoms with Gasteiger partial charge in [-0.15, -0.1) is 4.91 Å². The lowest BCUT2D eigenvalue weighted by molar-refractivity contribution is -0.146. The Morgan fingerprint density at radius 2 is 2.50 bits per heavy atom. The van der Waals surface area contributed by atoms with Crippen molar-refractivity contribution in [2.45, 2.75) is 6.29 Å². The summed E-state index contributed by atoms with van der Waals surface area (Å²) in [5, 5.41) is 3.88. The van der Waals surface area contributed by atoms with Crippen LogP contribution in [-0.2, 0) is 9.47 Å². The van der Waals surface area contributed by atoms with E-state index in [2.05, 4.69) is 10.0 Å². The van der Waals surface area contributed by atoms with E-state index in [9.17, 15) is 9.70 Å².